The van der Waals surface area contributed by atoms with Crippen molar-refractivity contribution < 1.29 is 22.7 Å². The van der Waals surface area contributed by atoms with E-state index in [0.29, 0.717) is 18.7 Å². The minimum absolute atomic E-state index is 0.0270. The van der Waals surface area contributed by atoms with Gasteiger partial charge in [-0.1, -0.05) is 36.4 Å². The fraction of sp³-hybridized carbons (Fsp3) is 0.136. The molecule has 1 heterocycles. The lowest BCUT2D eigenvalue weighted by atomic mass is 10.1. The number of nitrogens with one attached hydrogen (secondary N) is 1. The first kappa shape index (κ1) is 22.1. The Hall–Kier alpha value is -3.56. The van der Waals surface area contributed by atoms with E-state index in [1.807, 2.05) is 30.3 Å². The summed E-state index contributed by atoms with van der Waals surface area (Å²) in [5.41, 5.74) is 2.25. The Morgan fingerprint density at radius 2 is 1.77 bits per heavy atom. The van der Waals surface area contributed by atoms with Crippen molar-refractivity contribution in [1.29, 1.82) is 0 Å². The van der Waals surface area contributed by atoms with E-state index < -0.39 is 28.5 Å². The fourth-order valence-electron chi connectivity index (χ4n) is 2.76. The highest BCUT2D eigenvalue weighted by atomic mass is 32.2. The Kier molecular flexibility index (Phi) is 7.11. The number of carbonyl (C=O) groups is 2. The standard InChI is InChI=1S/C22H21N3O5S/c23-31(28,29)19-10-5-16(6-11-19)13-14-24-21(26)15-30-22(27)12-9-18-8-7-17-3-1-2-4-20(17)25-18/h1-12H,13-15H2,(H,24,26)(H2,23,28,29)/b12-9+. The zero-order valence-corrected chi connectivity index (χ0v) is 17.3. The summed E-state index contributed by atoms with van der Waals surface area (Å²) in [5, 5.41) is 8.68. The number of primary sulfonamides is 1. The Morgan fingerprint density at radius 3 is 2.52 bits per heavy atom. The van der Waals surface area contributed by atoms with Gasteiger partial charge in [0.1, 0.15) is 0 Å². The van der Waals surface area contributed by atoms with Gasteiger partial charge < -0.3 is 10.1 Å². The summed E-state index contributed by atoms with van der Waals surface area (Å²) in [6.07, 6.45) is 3.23. The summed E-state index contributed by atoms with van der Waals surface area (Å²) in [7, 11) is -3.73. The third kappa shape index (κ3) is 6.73. The molecule has 0 fully saturated rings. The van der Waals surface area contributed by atoms with Crippen LogP contribution < -0.4 is 10.5 Å². The van der Waals surface area contributed by atoms with Crippen LogP contribution in [0.3, 0.4) is 0 Å². The van der Waals surface area contributed by atoms with Crippen LogP contribution in [0.5, 0.6) is 0 Å². The number of ether oxygens (including phenoxy) is 1. The van der Waals surface area contributed by atoms with Crippen molar-refractivity contribution in [3.05, 3.63) is 78.0 Å². The summed E-state index contributed by atoms with van der Waals surface area (Å²) in [4.78, 5) is 28.1. The molecule has 0 spiro atoms. The molecular formula is C22H21N3O5S. The van der Waals surface area contributed by atoms with Gasteiger partial charge in [-0.15, -0.1) is 0 Å². The van der Waals surface area contributed by atoms with Crippen LogP contribution in [0.15, 0.2) is 71.6 Å². The van der Waals surface area contributed by atoms with Gasteiger partial charge >= 0.3 is 5.97 Å². The quantitative estimate of drug-likeness (QED) is 0.407. The Balaban J connectivity index is 1.40. The van der Waals surface area contributed by atoms with E-state index in [1.165, 1.54) is 24.3 Å². The first-order valence-corrected chi connectivity index (χ1v) is 10.9. The second-order valence-electron chi connectivity index (χ2n) is 6.66. The molecule has 0 atom stereocenters. The number of nitrogens with two attached hydrogens (primary N) is 1. The lowest BCUT2D eigenvalue weighted by Crippen LogP contribution is -2.30. The van der Waals surface area contributed by atoms with Crippen LogP contribution in [0.4, 0.5) is 0 Å². The average Bonchev–Trinajstić information content (AvgIpc) is 2.76. The Labute approximate surface area is 179 Å². The van der Waals surface area contributed by atoms with Gasteiger partial charge in [0.05, 0.1) is 16.1 Å². The molecule has 31 heavy (non-hydrogen) atoms. The van der Waals surface area contributed by atoms with E-state index in [2.05, 4.69) is 10.3 Å². The highest BCUT2D eigenvalue weighted by Crippen LogP contribution is 2.12. The minimum atomic E-state index is -3.73. The van der Waals surface area contributed by atoms with Crippen LogP contribution in [-0.2, 0) is 30.8 Å². The number of rotatable bonds is 8. The number of pyridine rings is 1. The monoisotopic (exact) mass is 439 g/mol. The smallest absolute Gasteiger partial charge is 0.331 e. The summed E-state index contributed by atoms with van der Waals surface area (Å²) in [6.45, 7) is -0.0966. The molecule has 2 aromatic carbocycles. The van der Waals surface area contributed by atoms with Crippen molar-refractivity contribution in [2.45, 2.75) is 11.3 Å². The third-order valence-corrected chi connectivity index (χ3v) is 5.27. The number of benzene rings is 2. The van der Waals surface area contributed by atoms with Crippen LogP contribution in [0.2, 0.25) is 0 Å². The maximum Gasteiger partial charge on any atom is 0.331 e. The lowest BCUT2D eigenvalue weighted by molar-refractivity contribution is -0.143. The predicted molar refractivity (Wildman–Crippen MR) is 116 cm³/mol. The molecule has 0 radical (unpaired) electrons. The van der Waals surface area contributed by atoms with Gasteiger partial charge in [0.15, 0.2) is 6.61 Å². The minimum Gasteiger partial charge on any atom is -0.452 e. The number of para-hydroxylation sites is 1. The highest BCUT2D eigenvalue weighted by Gasteiger charge is 2.08. The molecule has 1 aromatic heterocycles. The van der Waals surface area contributed by atoms with E-state index in [9.17, 15) is 18.0 Å². The second kappa shape index (κ2) is 9.96. The lowest BCUT2D eigenvalue weighted by Gasteiger charge is -2.06. The number of hydrogen-bond acceptors (Lipinski definition) is 6. The highest BCUT2D eigenvalue weighted by molar-refractivity contribution is 7.89. The number of amides is 1. The van der Waals surface area contributed by atoms with E-state index in [1.54, 1.807) is 18.2 Å². The Morgan fingerprint density at radius 1 is 1.03 bits per heavy atom. The number of fused-ring (bicyclic) bond motifs is 1. The molecule has 3 rings (SSSR count). The summed E-state index contributed by atoms with van der Waals surface area (Å²) in [5.74, 6) is -1.09. The molecular weight excluding hydrogens is 418 g/mol. The molecule has 0 aliphatic carbocycles. The van der Waals surface area contributed by atoms with Gasteiger partial charge in [0, 0.05) is 18.0 Å². The molecule has 3 aromatic rings. The molecule has 9 heteroatoms. The van der Waals surface area contributed by atoms with Crippen LogP contribution >= 0.6 is 0 Å². The topological polar surface area (TPSA) is 128 Å². The number of nitrogens with zero attached hydrogens (tertiary/aromatic N) is 1. The van der Waals surface area contributed by atoms with Crippen molar-refractivity contribution in [1.82, 2.24) is 10.3 Å². The molecule has 0 saturated carbocycles. The first-order valence-electron chi connectivity index (χ1n) is 9.40. The van der Waals surface area contributed by atoms with Crippen molar-refractivity contribution in [2.24, 2.45) is 5.14 Å². The predicted octanol–water partition coefficient (Wildman–Crippen LogP) is 1.80. The normalized spacial score (nSPS) is 11.5. The van der Waals surface area contributed by atoms with E-state index >= 15 is 0 Å². The average molecular weight is 439 g/mol. The van der Waals surface area contributed by atoms with Crippen molar-refractivity contribution in [3.8, 4) is 0 Å². The maximum absolute atomic E-state index is 11.8. The molecule has 3 N–H and O–H groups in total. The SMILES string of the molecule is NS(=O)(=O)c1ccc(CCNC(=O)COC(=O)/C=C/c2ccc3ccccc3n2)cc1. The molecule has 1 amide bonds. The molecule has 0 saturated heterocycles. The first-order chi connectivity index (χ1) is 14.8. The van der Waals surface area contributed by atoms with Gasteiger partial charge in [-0.05, 0) is 42.3 Å². The van der Waals surface area contributed by atoms with Gasteiger partial charge in [-0.25, -0.2) is 23.3 Å². The molecule has 8 nitrogen and oxygen atoms in total. The molecule has 0 aliphatic heterocycles. The van der Waals surface area contributed by atoms with Crippen molar-refractivity contribution in [3.63, 3.8) is 0 Å². The summed E-state index contributed by atoms with van der Waals surface area (Å²) >= 11 is 0. The van der Waals surface area contributed by atoms with Crippen LogP contribution in [0, 0.1) is 0 Å². The number of carbonyl (C=O) groups excluding carboxylic acids is 2. The van der Waals surface area contributed by atoms with E-state index in [4.69, 9.17) is 9.88 Å². The Bertz CT molecular complexity index is 1220. The van der Waals surface area contributed by atoms with Crippen molar-refractivity contribution >= 4 is 38.9 Å². The fourth-order valence-corrected chi connectivity index (χ4v) is 3.27. The molecule has 0 bridgehead atoms. The number of esters is 1. The molecule has 0 unspecified atom stereocenters. The number of sulfonamides is 1. The van der Waals surface area contributed by atoms with Crippen LogP contribution in [0.1, 0.15) is 11.3 Å². The van der Waals surface area contributed by atoms with Gasteiger partial charge in [0.2, 0.25) is 10.0 Å². The molecule has 160 valence electrons. The van der Waals surface area contributed by atoms with Gasteiger partial charge in [-0.2, -0.15) is 0 Å². The summed E-state index contributed by atoms with van der Waals surface area (Å²) < 4.78 is 27.4. The summed E-state index contributed by atoms with van der Waals surface area (Å²) in [6, 6.07) is 17.4. The van der Waals surface area contributed by atoms with Gasteiger partial charge in [-0.3, -0.25) is 4.79 Å². The van der Waals surface area contributed by atoms with Crippen LogP contribution in [-0.4, -0.2) is 38.4 Å². The van der Waals surface area contributed by atoms with Crippen LogP contribution in [0.25, 0.3) is 17.0 Å². The zero-order chi connectivity index (χ0) is 22.3. The zero-order valence-electron chi connectivity index (χ0n) is 16.5. The van der Waals surface area contributed by atoms with E-state index in [-0.39, 0.29) is 4.90 Å². The maximum atomic E-state index is 11.8. The largest absolute Gasteiger partial charge is 0.452 e. The second-order valence-corrected chi connectivity index (χ2v) is 8.22. The number of hydrogen-bond donors (Lipinski definition) is 2. The van der Waals surface area contributed by atoms with Crippen molar-refractivity contribution in [2.75, 3.05) is 13.2 Å². The van der Waals surface area contributed by atoms with E-state index in [0.717, 1.165) is 16.5 Å². The molecule has 0 aliphatic rings. The van der Waals surface area contributed by atoms with Gasteiger partial charge in [0.25, 0.3) is 5.91 Å². The number of aromatic nitrogens is 1. The third-order valence-electron chi connectivity index (χ3n) is 4.34.